The number of benzene rings is 10. The van der Waals surface area contributed by atoms with Gasteiger partial charge in [-0.2, -0.15) is 0 Å². The van der Waals surface area contributed by atoms with Crippen LogP contribution in [0.3, 0.4) is 0 Å². The molecule has 10 aromatic rings. The molecule has 0 saturated heterocycles. The number of hydrogen-bond donors (Lipinski definition) is 0. The maximum Gasteiger partial charge on any atom is 0.183 e. The molecule has 0 saturated carbocycles. The molecule has 0 atom stereocenters. The van der Waals surface area contributed by atoms with Gasteiger partial charge < -0.3 is 4.90 Å². The second-order valence-electron chi connectivity index (χ2n) is 16.0. The highest BCUT2D eigenvalue weighted by Crippen LogP contribution is 2.45. The Bertz CT molecular complexity index is 3090. The van der Waals surface area contributed by atoms with Crippen molar-refractivity contribution in [3.63, 3.8) is 0 Å². The summed E-state index contributed by atoms with van der Waals surface area (Å²) in [7, 11) is -2.90. The van der Waals surface area contributed by atoms with Gasteiger partial charge in [0.05, 0.1) is 5.69 Å². The van der Waals surface area contributed by atoms with Crippen molar-refractivity contribution in [2.75, 3.05) is 4.90 Å². The summed E-state index contributed by atoms with van der Waals surface area (Å²) >= 11 is 0. The highest BCUT2D eigenvalue weighted by molar-refractivity contribution is 7.22. The molecule has 1 aliphatic heterocycles. The van der Waals surface area contributed by atoms with E-state index in [1.165, 1.54) is 82.1 Å². The van der Waals surface area contributed by atoms with Crippen LogP contribution in [0.1, 0.15) is 0 Å². The molecule has 62 heavy (non-hydrogen) atoms. The molecule has 1 heterocycles. The van der Waals surface area contributed by atoms with Crippen molar-refractivity contribution in [2.24, 2.45) is 0 Å². The number of hydrogen-bond acceptors (Lipinski definition) is 1. The van der Waals surface area contributed by atoms with Crippen LogP contribution in [0.25, 0.3) is 55.6 Å². The van der Waals surface area contributed by atoms with E-state index in [1.54, 1.807) is 0 Å². The van der Waals surface area contributed by atoms with Gasteiger partial charge in [0.25, 0.3) is 0 Å². The summed E-state index contributed by atoms with van der Waals surface area (Å²) in [6, 6.07) is 96.2. The van der Waals surface area contributed by atoms with Crippen molar-refractivity contribution < 1.29 is 0 Å². The number of fused-ring (bicyclic) bond motifs is 3. The fourth-order valence-corrected chi connectivity index (χ4v) is 15.1. The number of rotatable bonds is 9. The Morgan fingerprint density at radius 3 is 1.24 bits per heavy atom. The Morgan fingerprint density at radius 1 is 0.258 bits per heavy atom. The number of anilines is 3. The van der Waals surface area contributed by atoms with Gasteiger partial charge in [0.1, 0.15) is 0 Å². The molecule has 0 aliphatic carbocycles. The van der Waals surface area contributed by atoms with Crippen LogP contribution < -0.4 is 25.6 Å². The smallest absolute Gasteiger partial charge is 0.183 e. The van der Waals surface area contributed by atoms with Crippen LogP contribution in [0.5, 0.6) is 0 Å². The largest absolute Gasteiger partial charge is 0.310 e. The molecule has 0 bridgehead atoms. The van der Waals surface area contributed by atoms with E-state index in [0.29, 0.717) is 0 Å². The van der Waals surface area contributed by atoms with Gasteiger partial charge >= 0.3 is 0 Å². The van der Waals surface area contributed by atoms with E-state index in [2.05, 4.69) is 266 Å². The molecule has 1 nitrogen and oxygen atoms in total. The van der Waals surface area contributed by atoms with E-state index in [9.17, 15) is 0 Å². The van der Waals surface area contributed by atoms with Gasteiger partial charge in [0.15, 0.2) is 8.07 Å². The third kappa shape index (κ3) is 6.41. The molecular weight excluding hydrogens is 763 g/mol. The molecular formula is C60H43NSi. The maximum absolute atomic E-state index is 2.90. The van der Waals surface area contributed by atoms with Gasteiger partial charge in [0.2, 0.25) is 0 Å². The minimum atomic E-state index is -2.90. The molecule has 10 aromatic carbocycles. The summed E-state index contributed by atoms with van der Waals surface area (Å²) in [5.41, 5.74) is 15.6. The lowest BCUT2D eigenvalue weighted by atomic mass is 9.95. The Balaban J connectivity index is 1.17. The summed E-state index contributed by atoms with van der Waals surface area (Å²) in [6.07, 6.45) is 0. The first kappa shape index (κ1) is 37.2. The van der Waals surface area contributed by atoms with Crippen LogP contribution >= 0.6 is 0 Å². The molecule has 0 spiro atoms. The minimum absolute atomic E-state index is 1.10. The van der Waals surface area contributed by atoms with Gasteiger partial charge in [-0.3, -0.25) is 0 Å². The second-order valence-corrected chi connectivity index (χ2v) is 19.7. The van der Waals surface area contributed by atoms with Crippen LogP contribution in [-0.2, 0) is 0 Å². The second kappa shape index (κ2) is 16.0. The first-order chi connectivity index (χ1) is 30.8. The van der Waals surface area contributed by atoms with Crippen molar-refractivity contribution in [2.45, 2.75) is 0 Å². The Labute approximate surface area is 365 Å². The van der Waals surface area contributed by atoms with Crippen LogP contribution in [0.2, 0.25) is 0 Å². The van der Waals surface area contributed by atoms with Gasteiger partial charge in [0, 0.05) is 16.9 Å². The van der Waals surface area contributed by atoms with Gasteiger partial charge in [-0.15, -0.1) is 0 Å². The Hall–Kier alpha value is -7.78. The van der Waals surface area contributed by atoms with Crippen LogP contribution in [0.15, 0.2) is 261 Å². The topological polar surface area (TPSA) is 3.24 Å². The van der Waals surface area contributed by atoms with Crippen molar-refractivity contribution in [1.82, 2.24) is 0 Å². The first-order valence-corrected chi connectivity index (χ1v) is 23.4. The zero-order valence-electron chi connectivity index (χ0n) is 34.3. The summed E-state index contributed by atoms with van der Waals surface area (Å²) in [5.74, 6) is 0. The highest BCUT2D eigenvalue weighted by atomic mass is 28.3. The molecule has 0 fully saturated rings. The lowest BCUT2D eigenvalue weighted by molar-refractivity contribution is 1.29. The van der Waals surface area contributed by atoms with Gasteiger partial charge in [-0.05, 0) is 101 Å². The summed E-state index contributed by atoms with van der Waals surface area (Å²) in [4.78, 5) is 2.55. The molecule has 0 radical (unpaired) electrons. The average molecular weight is 806 g/mol. The fraction of sp³-hybridized carbons (Fsp3) is 0. The van der Waals surface area contributed by atoms with E-state index in [0.717, 1.165) is 11.4 Å². The summed E-state index contributed by atoms with van der Waals surface area (Å²) in [6.45, 7) is 0. The van der Waals surface area contributed by atoms with Crippen molar-refractivity contribution in [3.05, 3.63) is 261 Å². The van der Waals surface area contributed by atoms with E-state index < -0.39 is 8.07 Å². The van der Waals surface area contributed by atoms with E-state index in [4.69, 9.17) is 0 Å². The van der Waals surface area contributed by atoms with E-state index >= 15 is 0 Å². The molecule has 0 N–H and O–H groups in total. The van der Waals surface area contributed by atoms with Crippen LogP contribution in [-0.4, -0.2) is 8.07 Å². The van der Waals surface area contributed by atoms with Crippen molar-refractivity contribution >= 4 is 45.9 Å². The number of nitrogens with zero attached hydrogens (tertiary/aromatic N) is 1. The van der Waals surface area contributed by atoms with E-state index in [1.807, 2.05) is 0 Å². The molecule has 0 aromatic heterocycles. The lowest BCUT2D eigenvalue weighted by Crippen LogP contribution is -2.73. The standard InChI is InChI=1S/C60H43NSi/c1-6-19-44(20-7-1)46-33-35-47(36-34-46)48-37-40-51(41-38-48)61(57-42-39-50(45-21-8-2-9-22-45)43-56(57)49-23-10-3-11-24-49)58-31-18-30-55-54-29-16-17-32-59(54)62(60(55)58,52-25-12-4-13-26-52)53-27-14-5-15-28-53/h1-43H. The highest BCUT2D eigenvalue weighted by Gasteiger charge is 2.50. The monoisotopic (exact) mass is 805 g/mol. The normalized spacial score (nSPS) is 12.3. The minimum Gasteiger partial charge on any atom is -0.310 e. The first-order valence-electron chi connectivity index (χ1n) is 21.4. The van der Waals surface area contributed by atoms with E-state index in [-0.39, 0.29) is 0 Å². The molecule has 2 heteroatoms. The predicted octanol–water partition coefficient (Wildman–Crippen LogP) is 13.2. The van der Waals surface area contributed by atoms with Gasteiger partial charge in [-0.1, -0.05) is 231 Å². The third-order valence-electron chi connectivity index (χ3n) is 12.6. The Kier molecular flexibility index (Phi) is 9.61. The third-order valence-corrected chi connectivity index (χ3v) is 17.5. The SMILES string of the molecule is c1ccc(-c2ccc(-c3ccc(N(c4ccc(-c5ccccc5)cc4-c4ccccc4)c4cccc5c4[Si](c4ccccc4)(c4ccccc4)c4ccccc4-5)cc3)cc2)cc1. The average Bonchev–Trinajstić information content (AvgIpc) is 3.67. The maximum atomic E-state index is 2.55. The zero-order valence-corrected chi connectivity index (χ0v) is 35.3. The lowest BCUT2D eigenvalue weighted by Gasteiger charge is -2.36. The van der Waals surface area contributed by atoms with Gasteiger partial charge in [-0.25, -0.2) is 0 Å². The summed E-state index contributed by atoms with van der Waals surface area (Å²) in [5, 5.41) is 5.59. The molecule has 11 rings (SSSR count). The molecule has 292 valence electrons. The van der Waals surface area contributed by atoms with Crippen molar-refractivity contribution in [1.29, 1.82) is 0 Å². The Morgan fingerprint density at radius 2 is 0.677 bits per heavy atom. The summed E-state index contributed by atoms with van der Waals surface area (Å²) < 4.78 is 0. The zero-order chi connectivity index (χ0) is 41.3. The molecule has 1 aliphatic rings. The molecule has 0 unspecified atom stereocenters. The fourth-order valence-electron chi connectivity index (χ4n) is 9.75. The van der Waals surface area contributed by atoms with Crippen LogP contribution in [0, 0.1) is 0 Å². The quantitative estimate of drug-likeness (QED) is 0.131. The predicted molar refractivity (Wildman–Crippen MR) is 265 cm³/mol. The van der Waals surface area contributed by atoms with Crippen molar-refractivity contribution in [3.8, 4) is 55.6 Å². The van der Waals surface area contributed by atoms with Crippen LogP contribution in [0.4, 0.5) is 17.1 Å². The molecule has 0 amide bonds.